The molecule has 0 unspecified atom stereocenters. The lowest BCUT2D eigenvalue weighted by Crippen LogP contribution is -2.52. The molecule has 5 heteroatoms. The SMILES string of the molecule is CCCc1ccc(N2CCN(C(=O)[C@@H]3CCCC[C@@H]3C(=O)O)CC2)cc1. The first-order valence-electron chi connectivity index (χ1n) is 9.95. The fraction of sp³-hybridized carbons (Fsp3) is 0.619. The first-order valence-corrected chi connectivity index (χ1v) is 9.95. The molecule has 1 heterocycles. The highest BCUT2D eigenvalue weighted by Crippen LogP contribution is 2.32. The van der Waals surface area contributed by atoms with Gasteiger partial charge in [-0.2, -0.15) is 0 Å². The van der Waals surface area contributed by atoms with Crippen LogP contribution in [0.4, 0.5) is 5.69 Å². The number of hydrogen-bond acceptors (Lipinski definition) is 3. The van der Waals surface area contributed by atoms with Crippen LogP contribution in [0, 0.1) is 11.8 Å². The second kappa shape index (κ2) is 8.56. The predicted molar refractivity (Wildman–Crippen MR) is 102 cm³/mol. The fourth-order valence-corrected chi connectivity index (χ4v) is 4.30. The molecular weight excluding hydrogens is 328 g/mol. The van der Waals surface area contributed by atoms with Gasteiger partial charge in [0.15, 0.2) is 0 Å². The molecule has 1 aromatic carbocycles. The maximum Gasteiger partial charge on any atom is 0.307 e. The van der Waals surface area contributed by atoms with Crippen molar-refractivity contribution in [3.8, 4) is 0 Å². The summed E-state index contributed by atoms with van der Waals surface area (Å²) in [6, 6.07) is 8.72. The second-order valence-corrected chi connectivity index (χ2v) is 7.56. The number of hydrogen-bond donors (Lipinski definition) is 1. The molecule has 1 aromatic rings. The maximum absolute atomic E-state index is 12.9. The molecule has 1 aliphatic heterocycles. The monoisotopic (exact) mass is 358 g/mol. The lowest BCUT2D eigenvalue weighted by molar-refractivity contribution is -0.152. The van der Waals surface area contributed by atoms with E-state index in [9.17, 15) is 14.7 Å². The van der Waals surface area contributed by atoms with Crippen molar-refractivity contribution >= 4 is 17.6 Å². The molecule has 1 N–H and O–H groups in total. The highest BCUT2D eigenvalue weighted by Gasteiger charge is 2.38. The van der Waals surface area contributed by atoms with Gasteiger partial charge in [0.2, 0.25) is 5.91 Å². The second-order valence-electron chi connectivity index (χ2n) is 7.56. The van der Waals surface area contributed by atoms with E-state index in [2.05, 4.69) is 36.1 Å². The number of piperazine rings is 1. The van der Waals surface area contributed by atoms with Gasteiger partial charge in [0.25, 0.3) is 0 Å². The van der Waals surface area contributed by atoms with Crippen LogP contribution < -0.4 is 4.90 Å². The first kappa shape index (κ1) is 18.7. The van der Waals surface area contributed by atoms with Crippen LogP contribution in [0.1, 0.15) is 44.6 Å². The molecule has 0 radical (unpaired) electrons. The molecule has 2 aliphatic rings. The van der Waals surface area contributed by atoms with Gasteiger partial charge in [0, 0.05) is 31.9 Å². The van der Waals surface area contributed by atoms with Crippen LogP contribution in [0.2, 0.25) is 0 Å². The molecular formula is C21H30N2O3. The van der Waals surface area contributed by atoms with Gasteiger partial charge < -0.3 is 14.9 Å². The minimum absolute atomic E-state index is 0.0510. The van der Waals surface area contributed by atoms with Crippen molar-refractivity contribution in [2.24, 2.45) is 11.8 Å². The first-order chi connectivity index (χ1) is 12.6. The number of aryl methyl sites for hydroxylation is 1. The summed E-state index contributed by atoms with van der Waals surface area (Å²) >= 11 is 0. The van der Waals surface area contributed by atoms with E-state index in [1.165, 1.54) is 11.3 Å². The topological polar surface area (TPSA) is 60.9 Å². The van der Waals surface area contributed by atoms with Crippen LogP contribution in [0.15, 0.2) is 24.3 Å². The molecule has 2 fully saturated rings. The van der Waals surface area contributed by atoms with Crippen LogP contribution in [-0.4, -0.2) is 48.1 Å². The molecule has 5 nitrogen and oxygen atoms in total. The Morgan fingerprint density at radius 2 is 1.62 bits per heavy atom. The van der Waals surface area contributed by atoms with Gasteiger partial charge in [-0.05, 0) is 37.0 Å². The summed E-state index contributed by atoms with van der Waals surface area (Å²) in [6.07, 6.45) is 5.49. The van der Waals surface area contributed by atoms with E-state index in [1.807, 2.05) is 4.90 Å². The number of carboxylic acid groups (broad SMARTS) is 1. The van der Waals surface area contributed by atoms with Gasteiger partial charge in [-0.1, -0.05) is 38.3 Å². The van der Waals surface area contributed by atoms with E-state index in [4.69, 9.17) is 0 Å². The summed E-state index contributed by atoms with van der Waals surface area (Å²) in [7, 11) is 0. The van der Waals surface area contributed by atoms with Gasteiger partial charge in [-0.15, -0.1) is 0 Å². The average molecular weight is 358 g/mol. The van der Waals surface area contributed by atoms with Crippen molar-refractivity contribution < 1.29 is 14.7 Å². The van der Waals surface area contributed by atoms with E-state index in [0.717, 1.165) is 45.2 Å². The summed E-state index contributed by atoms with van der Waals surface area (Å²) in [4.78, 5) is 28.6. The zero-order valence-corrected chi connectivity index (χ0v) is 15.7. The number of rotatable bonds is 5. The smallest absolute Gasteiger partial charge is 0.307 e. The predicted octanol–water partition coefficient (Wildman–Crippen LogP) is 3.18. The van der Waals surface area contributed by atoms with Crippen LogP contribution in [0.3, 0.4) is 0 Å². The third-order valence-electron chi connectivity index (χ3n) is 5.83. The Kier molecular flexibility index (Phi) is 6.17. The Bertz CT molecular complexity index is 621. The molecule has 0 spiro atoms. The minimum Gasteiger partial charge on any atom is -0.481 e. The Morgan fingerprint density at radius 1 is 1.00 bits per heavy atom. The Hall–Kier alpha value is -2.04. The van der Waals surface area contributed by atoms with Crippen molar-refractivity contribution in [3.63, 3.8) is 0 Å². The molecule has 1 aliphatic carbocycles. The molecule has 3 rings (SSSR count). The molecule has 0 bridgehead atoms. The number of aliphatic carboxylic acids is 1. The average Bonchev–Trinajstić information content (AvgIpc) is 2.68. The minimum atomic E-state index is -0.811. The molecule has 0 aromatic heterocycles. The molecule has 1 saturated carbocycles. The number of carbonyl (C=O) groups is 2. The summed E-state index contributed by atoms with van der Waals surface area (Å²) in [5, 5.41) is 9.43. The van der Waals surface area contributed by atoms with Crippen molar-refractivity contribution in [2.75, 3.05) is 31.1 Å². The van der Waals surface area contributed by atoms with Crippen molar-refractivity contribution in [3.05, 3.63) is 29.8 Å². The number of anilines is 1. The van der Waals surface area contributed by atoms with Crippen LogP contribution in [0.5, 0.6) is 0 Å². The number of nitrogens with zero attached hydrogens (tertiary/aromatic N) is 2. The van der Waals surface area contributed by atoms with Crippen LogP contribution in [-0.2, 0) is 16.0 Å². The maximum atomic E-state index is 12.9. The summed E-state index contributed by atoms with van der Waals surface area (Å²) in [6.45, 7) is 5.16. The number of carboxylic acids is 1. The van der Waals surface area contributed by atoms with Gasteiger partial charge in [0.05, 0.1) is 11.8 Å². The summed E-state index contributed by atoms with van der Waals surface area (Å²) < 4.78 is 0. The Balaban J connectivity index is 1.57. The molecule has 142 valence electrons. The van der Waals surface area contributed by atoms with E-state index in [-0.39, 0.29) is 11.8 Å². The number of benzene rings is 1. The van der Waals surface area contributed by atoms with Crippen molar-refractivity contribution in [1.29, 1.82) is 0 Å². The van der Waals surface area contributed by atoms with Crippen LogP contribution >= 0.6 is 0 Å². The van der Waals surface area contributed by atoms with Gasteiger partial charge in [-0.3, -0.25) is 9.59 Å². The van der Waals surface area contributed by atoms with E-state index < -0.39 is 11.9 Å². The summed E-state index contributed by atoms with van der Waals surface area (Å²) in [5.74, 6) is -1.59. The molecule has 1 saturated heterocycles. The van der Waals surface area contributed by atoms with Crippen LogP contribution in [0.25, 0.3) is 0 Å². The van der Waals surface area contributed by atoms with Crippen molar-refractivity contribution in [1.82, 2.24) is 4.90 Å². The van der Waals surface area contributed by atoms with Crippen molar-refractivity contribution in [2.45, 2.75) is 45.4 Å². The largest absolute Gasteiger partial charge is 0.481 e. The molecule has 26 heavy (non-hydrogen) atoms. The summed E-state index contributed by atoms with van der Waals surface area (Å²) in [5.41, 5.74) is 2.57. The number of carbonyl (C=O) groups excluding carboxylic acids is 1. The van der Waals surface area contributed by atoms with E-state index in [0.29, 0.717) is 19.5 Å². The Morgan fingerprint density at radius 3 is 2.19 bits per heavy atom. The van der Waals surface area contributed by atoms with E-state index >= 15 is 0 Å². The molecule has 2 atom stereocenters. The van der Waals surface area contributed by atoms with E-state index in [1.54, 1.807) is 0 Å². The highest BCUT2D eigenvalue weighted by atomic mass is 16.4. The number of amides is 1. The van der Waals surface area contributed by atoms with Gasteiger partial charge in [0.1, 0.15) is 0 Å². The zero-order valence-electron chi connectivity index (χ0n) is 15.7. The lowest BCUT2D eigenvalue weighted by Gasteiger charge is -2.39. The Labute approximate surface area is 156 Å². The fourth-order valence-electron chi connectivity index (χ4n) is 4.30. The highest BCUT2D eigenvalue weighted by molar-refractivity contribution is 5.85. The third kappa shape index (κ3) is 4.19. The molecule has 1 amide bonds. The quantitative estimate of drug-likeness (QED) is 0.878. The lowest BCUT2D eigenvalue weighted by atomic mass is 9.78. The van der Waals surface area contributed by atoms with Gasteiger partial charge >= 0.3 is 5.97 Å². The standard InChI is InChI=1S/C21H30N2O3/c1-2-5-16-8-10-17(11-9-16)22-12-14-23(15-13-22)20(24)18-6-3-4-7-19(18)21(25)26/h8-11,18-19H,2-7,12-15H2,1H3,(H,25,26)/t18-,19+/m1/s1. The van der Waals surface area contributed by atoms with Gasteiger partial charge in [-0.25, -0.2) is 0 Å². The zero-order chi connectivity index (χ0) is 18.5. The normalized spacial score (nSPS) is 23.7. The third-order valence-corrected chi connectivity index (χ3v) is 5.83.